The molecule has 0 amide bonds. The molecule has 0 unspecified atom stereocenters. The lowest BCUT2D eigenvalue weighted by molar-refractivity contribution is -0.108. The van der Waals surface area contributed by atoms with Crippen molar-refractivity contribution in [2.45, 2.75) is 5.79 Å². The van der Waals surface area contributed by atoms with Crippen LogP contribution in [0.3, 0.4) is 0 Å². The second-order valence-electron chi connectivity index (χ2n) is 5.33. The van der Waals surface area contributed by atoms with Crippen LogP contribution in [-0.2, 0) is 10.5 Å². The van der Waals surface area contributed by atoms with Crippen molar-refractivity contribution in [2.75, 3.05) is 0 Å². The lowest BCUT2D eigenvalue weighted by Gasteiger charge is -2.30. The van der Waals surface area contributed by atoms with Gasteiger partial charge in [-0.25, -0.2) is 4.79 Å². The molecule has 3 aromatic rings. The Hall–Kier alpha value is -3.07. The first-order valence-electron chi connectivity index (χ1n) is 7.42. The monoisotopic (exact) mass is 302 g/mol. The van der Waals surface area contributed by atoms with Crippen molar-refractivity contribution >= 4 is 5.97 Å². The number of rotatable bonds is 3. The zero-order chi connectivity index (χ0) is 15.7. The minimum atomic E-state index is -1.25. The first-order chi connectivity index (χ1) is 11.3. The summed E-state index contributed by atoms with van der Waals surface area (Å²) in [7, 11) is 0. The highest BCUT2D eigenvalue weighted by Gasteiger charge is 2.49. The van der Waals surface area contributed by atoms with Gasteiger partial charge in [0.1, 0.15) is 5.75 Å². The maximum atomic E-state index is 12.3. The Morgan fingerprint density at radius 1 is 0.739 bits per heavy atom. The fraction of sp³-hybridized carbons (Fsp3) is 0.0500. The summed E-state index contributed by atoms with van der Waals surface area (Å²) in [6.07, 6.45) is 0. The molecule has 112 valence electrons. The first-order valence-corrected chi connectivity index (χ1v) is 7.42. The third-order valence-electron chi connectivity index (χ3n) is 3.90. The molecule has 3 heteroatoms. The maximum Gasteiger partial charge on any atom is 0.342 e. The van der Waals surface area contributed by atoms with Crippen LogP contribution in [0.15, 0.2) is 84.9 Å². The molecule has 0 fully saturated rings. The number of benzene rings is 3. The van der Waals surface area contributed by atoms with Gasteiger partial charge in [-0.3, -0.25) is 0 Å². The Kier molecular flexibility index (Phi) is 3.12. The van der Waals surface area contributed by atoms with Crippen molar-refractivity contribution in [3.8, 4) is 5.75 Å². The molecule has 0 saturated heterocycles. The molecule has 1 heterocycles. The van der Waals surface area contributed by atoms with Gasteiger partial charge >= 0.3 is 11.8 Å². The zero-order valence-corrected chi connectivity index (χ0v) is 12.3. The Morgan fingerprint density at radius 2 is 1.35 bits per heavy atom. The normalized spacial score (nSPS) is 19.0. The van der Waals surface area contributed by atoms with Crippen LogP contribution in [-0.4, -0.2) is 5.97 Å². The van der Waals surface area contributed by atoms with Gasteiger partial charge in [0.25, 0.3) is 0 Å². The second-order valence-corrected chi connectivity index (χ2v) is 5.33. The van der Waals surface area contributed by atoms with Crippen LogP contribution in [0.4, 0.5) is 0 Å². The second kappa shape index (κ2) is 5.29. The highest BCUT2D eigenvalue weighted by Crippen LogP contribution is 2.43. The van der Waals surface area contributed by atoms with Crippen molar-refractivity contribution in [2.24, 2.45) is 0 Å². The molecule has 4 rings (SSSR count). The standard InChI is InChI=1S/C20H14O3/c21-19-17-13-7-8-14-18(17)20(23-19,15-9-3-1-4-10-15)22-16-11-5-2-6-12-16/h1-14H/t20-/m0/s1. The fourth-order valence-corrected chi connectivity index (χ4v) is 2.85. The number of para-hydroxylation sites is 1. The Balaban J connectivity index is 1.92. The van der Waals surface area contributed by atoms with Crippen LogP contribution in [0.2, 0.25) is 0 Å². The zero-order valence-electron chi connectivity index (χ0n) is 12.3. The van der Waals surface area contributed by atoms with E-state index in [1.165, 1.54) is 0 Å². The maximum absolute atomic E-state index is 12.3. The summed E-state index contributed by atoms with van der Waals surface area (Å²) in [5.41, 5.74) is 2.04. The molecule has 3 aromatic carbocycles. The smallest absolute Gasteiger partial charge is 0.342 e. The van der Waals surface area contributed by atoms with Crippen molar-refractivity contribution in [3.05, 3.63) is 102 Å². The third-order valence-corrected chi connectivity index (χ3v) is 3.90. The quantitative estimate of drug-likeness (QED) is 0.682. The third kappa shape index (κ3) is 2.18. The van der Waals surface area contributed by atoms with Gasteiger partial charge in [-0.2, -0.15) is 0 Å². The predicted molar refractivity (Wildman–Crippen MR) is 86.1 cm³/mol. The first kappa shape index (κ1) is 13.6. The Morgan fingerprint density at radius 3 is 2.09 bits per heavy atom. The number of hydrogen-bond donors (Lipinski definition) is 0. The minimum absolute atomic E-state index is 0.375. The van der Waals surface area contributed by atoms with E-state index in [1.807, 2.05) is 78.9 Å². The van der Waals surface area contributed by atoms with Gasteiger partial charge in [0.05, 0.1) is 11.1 Å². The average molecular weight is 302 g/mol. The minimum Gasteiger partial charge on any atom is -0.444 e. The molecule has 1 aliphatic rings. The number of esters is 1. The largest absolute Gasteiger partial charge is 0.444 e. The van der Waals surface area contributed by atoms with Gasteiger partial charge in [0.15, 0.2) is 0 Å². The summed E-state index contributed by atoms with van der Waals surface area (Å²) < 4.78 is 12.0. The van der Waals surface area contributed by atoms with Gasteiger partial charge in [0.2, 0.25) is 0 Å². The van der Waals surface area contributed by atoms with Crippen molar-refractivity contribution in [3.63, 3.8) is 0 Å². The van der Waals surface area contributed by atoms with E-state index in [4.69, 9.17) is 9.47 Å². The van der Waals surface area contributed by atoms with E-state index in [1.54, 1.807) is 6.07 Å². The lowest BCUT2D eigenvalue weighted by Crippen LogP contribution is -2.34. The summed E-state index contributed by atoms with van der Waals surface area (Å²) in [5, 5.41) is 0. The molecule has 0 spiro atoms. The highest BCUT2D eigenvalue weighted by atomic mass is 16.7. The van der Waals surface area contributed by atoms with Gasteiger partial charge < -0.3 is 9.47 Å². The predicted octanol–water partition coefficient (Wildman–Crippen LogP) is 4.14. The van der Waals surface area contributed by atoms with E-state index in [2.05, 4.69) is 0 Å². The van der Waals surface area contributed by atoms with Crippen LogP contribution in [0.25, 0.3) is 0 Å². The Labute approximate surface area is 134 Å². The molecule has 0 bridgehead atoms. The number of carbonyl (C=O) groups is 1. The van der Waals surface area contributed by atoms with Gasteiger partial charge in [-0.05, 0) is 24.3 Å². The molecular weight excluding hydrogens is 288 g/mol. The molecule has 1 aliphatic heterocycles. The molecule has 23 heavy (non-hydrogen) atoms. The molecule has 3 nitrogen and oxygen atoms in total. The van der Waals surface area contributed by atoms with E-state index < -0.39 is 5.79 Å². The van der Waals surface area contributed by atoms with E-state index in [0.717, 1.165) is 11.1 Å². The number of carbonyl (C=O) groups excluding carboxylic acids is 1. The summed E-state index contributed by atoms with van der Waals surface area (Å²) in [4.78, 5) is 12.3. The van der Waals surface area contributed by atoms with Crippen molar-refractivity contribution in [1.29, 1.82) is 0 Å². The van der Waals surface area contributed by atoms with E-state index in [0.29, 0.717) is 11.3 Å². The summed E-state index contributed by atoms with van der Waals surface area (Å²) in [5.74, 6) is -0.989. The summed E-state index contributed by atoms with van der Waals surface area (Å²) >= 11 is 0. The molecule has 0 aliphatic carbocycles. The highest BCUT2D eigenvalue weighted by molar-refractivity contribution is 5.95. The van der Waals surface area contributed by atoms with Gasteiger partial charge in [0, 0.05) is 5.56 Å². The van der Waals surface area contributed by atoms with Crippen LogP contribution < -0.4 is 4.74 Å². The van der Waals surface area contributed by atoms with Crippen molar-refractivity contribution in [1.82, 2.24) is 0 Å². The number of ether oxygens (including phenoxy) is 2. The molecule has 0 N–H and O–H groups in total. The molecular formula is C20H14O3. The van der Waals surface area contributed by atoms with E-state index >= 15 is 0 Å². The summed E-state index contributed by atoms with van der Waals surface area (Å²) in [6, 6.07) is 26.2. The SMILES string of the molecule is O=C1O[C@@](Oc2ccccc2)(c2ccccc2)c2ccccc21. The lowest BCUT2D eigenvalue weighted by atomic mass is 9.95. The molecule has 0 aromatic heterocycles. The van der Waals surface area contributed by atoms with Crippen molar-refractivity contribution < 1.29 is 14.3 Å². The van der Waals surface area contributed by atoms with E-state index in [9.17, 15) is 4.79 Å². The number of cyclic esters (lactones) is 1. The van der Waals surface area contributed by atoms with Crippen LogP contribution in [0.5, 0.6) is 5.75 Å². The molecule has 1 atom stereocenters. The van der Waals surface area contributed by atoms with Gasteiger partial charge in [-0.15, -0.1) is 0 Å². The number of fused-ring (bicyclic) bond motifs is 1. The van der Waals surface area contributed by atoms with Gasteiger partial charge in [-0.1, -0.05) is 60.7 Å². The fourth-order valence-electron chi connectivity index (χ4n) is 2.85. The number of hydrogen-bond acceptors (Lipinski definition) is 3. The topological polar surface area (TPSA) is 35.5 Å². The van der Waals surface area contributed by atoms with Crippen LogP contribution in [0, 0.1) is 0 Å². The summed E-state index contributed by atoms with van der Waals surface area (Å²) in [6.45, 7) is 0. The Bertz CT molecular complexity index is 843. The van der Waals surface area contributed by atoms with Crippen LogP contribution >= 0.6 is 0 Å². The van der Waals surface area contributed by atoms with Crippen LogP contribution in [0.1, 0.15) is 21.5 Å². The van der Waals surface area contributed by atoms with E-state index in [-0.39, 0.29) is 5.97 Å². The molecule has 0 radical (unpaired) electrons. The average Bonchev–Trinajstić information content (AvgIpc) is 2.90. The molecule has 0 saturated carbocycles.